The SMILES string of the molecule is C=C(CCN)N=O. The third-order valence-electron chi connectivity index (χ3n) is 0.562. The predicted octanol–water partition coefficient (Wildman–Crippen LogP) is 0.615. The van der Waals surface area contributed by atoms with Crippen LogP contribution in [0.2, 0.25) is 0 Å². The number of hydrogen-bond acceptors (Lipinski definition) is 3. The van der Waals surface area contributed by atoms with Gasteiger partial charge in [-0.1, -0.05) is 6.58 Å². The van der Waals surface area contributed by atoms with Gasteiger partial charge in [-0.05, 0) is 11.7 Å². The van der Waals surface area contributed by atoms with E-state index in [4.69, 9.17) is 5.73 Å². The molecule has 0 aliphatic heterocycles. The zero-order valence-electron chi connectivity index (χ0n) is 4.05. The van der Waals surface area contributed by atoms with E-state index in [1.54, 1.807) is 0 Å². The maximum absolute atomic E-state index is 9.49. The molecule has 3 nitrogen and oxygen atoms in total. The van der Waals surface area contributed by atoms with E-state index < -0.39 is 0 Å². The highest BCUT2D eigenvalue weighted by Gasteiger charge is 1.85. The van der Waals surface area contributed by atoms with Gasteiger partial charge in [0.15, 0.2) is 0 Å². The van der Waals surface area contributed by atoms with Gasteiger partial charge in [0, 0.05) is 6.42 Å². The van der Waals surface area contributed by atoms with E-state index in [9.17, 15) is 4.91 Å². The van der Waals surface area contributed by atoms with E-state index in [1.165, 1.54) is 0 Å². The Morgan fingerprint density at radius 2 is 2.43 bits per heavy atom. The van der Waals surface area contributed by atoms with Crippen molar-refractivity contribution in [1.29, 1.82) is 0 Å². The van der Waals surface area contributed by atoms with Crippen LogP contribution in [0.5, 0.6) is 0 Å². The van der Waals surface area contributed by atoms with Crippen molar-refractivity contribution in [3.8, 4) is 0 Å². The fraction of sp³-hybridized carbons (Fsp3) is 0.500. The third kappa shape index (κ3) is 3.12. The van der Waals surface area contributed by atoms with Gasteiger partial charge in [0.1, 0.15) is 0 Å². The maximum Gasteiger partial charge on any atom is 0.0790 e. The second kappa shape index (κ2) is 3.49. The Labute approximate surface area is 42.2 Å². The van der Waals surface area contributed by atoms with Crippen LogP contribution in [0, 0.1) is 4.91 Å². The number of rotatable bonds is 3. The fourth-order valence-electron chi connectivity index (χ4n) is 0.212. The second-order valence-electron chi connectivity index (χ2n) is 1.20. The summed E-state index contributed by atoms with van der Waals surface area (Å²) in [4.78, 5) is 9.49. The average Bonchev–Trinajstić information content (AvgIpc) is 1.68. The molecule has 0 rings (SSSR count). The fourth-order valence-corrected chi connectivity index (χ4v) is 0.212. The normalized spacial score (nSPS) is 8.14. The summed E-state index contributed by atoms with van der Waals surface area (Å²) in [6.07, 6.45) is 0.503. The van der Waals surface area contributed by atoms with Crippen LogP contribution in [-0.4, -0.2) is 6.54 Å². The zero-order valence-corrected chi connectivity index (χ0v) is 4.05. The Morgan fingerprint density at radius 1 is 1.86 bits per heavy atom. The molecule has 0 atom stereocenters. The Bertz CT molecular complexity index is 79.8. The molecule has 3 heteroatoms. The van der Waals surface area contributed by atoms with Gasteiger partial charge in [0.2, 0.25) is 0 Å². The summed E-state index contributed by atoms with van der Waals surface area (Å²) in [6, 6.07) is 0. The molecular weight excluding hydrogens is 92.1 g/mol. The van der Waals surface area contributed by atoms with Crippen molar-refractivity contribution >= 4 is 0 Å². The van der Waals surface area contributed by atoms with Gasteiger partial charge in [-0.2, -0.15) is 0 Å². The molecule has 0 aromatic heterocycles. The van der Waals surface area contributed by atoms with E-state index in [2.05, 4.69) is 11.8 Å². The molecule has 0 aromatic rings. The van der Waals surface area contributed by atoms with E-state index in [1.807, 2.05) is 0 Å². The first-order chi connectivity index (χ1) is 3.31. The van der Waals surface area contributed by atoms with E-state index >= 15 is 0 Å². The average molecular weight is 100 g/mol. The van der Waals surface area contributed by atoms with Crippen LogP contribution in [0.1, 0.15) is 6.42 Å². The lowest BCUT2D eigenvalue weighted by Gasteiger charge is -1.85. The molecule has 40 valence electrons. The number of nitroso groups, excluding NO2 is 1. The first kappa shape index (κ1) is 6.30. The van der Waals surface area contributed by atoms with Crippen molar-refractivity contribution in [3.05, 3.63) is 17.2 Å². The maximum atomic E-state index is 9.49. The van der Waals surface area contributed by atoms with Crippen LogP contribution in [0.15, 0.2) is 17.5 Å². The van der Waals surface area contributed by atoms with Gasteiger partial charge in [0.05, 0.1) is 5.70 Å². The van der Waals surface area contributed by atoms with Gasteiger partial charge in [-0.3, -0.25) is 0 Å². The Hall–Kier alpha value is -0.700. The predicted molar refractivity (Wildman–Crippen MR) is 28.6 cm³/mol. The van der Waals surface area contributed by atoms with E-state index in [0.29, 0.717) is 18.7 Å². The van der Waals surface area contributed by atoms with Crippen molar-refractivity contribution in [2.75, 3.05) is 6.54 Å². The van der Waals surface area contributed by atoms with Crippen LogP contribution in [0.25, 0.3) is 0 Å². The van der Waals surface area contributed by atoms with Gasteiger partial charge >= 0.3 is 0 Å². The van der Waals surface area contributed by atoms with Crippen LogP contribution >= 0.6 is 0 Å². The highest BCUT2D eigenvalue weighted by atomic mass is 16.3. The monoisotopic (exact) mass is 100 g/mol. The number of nitrogens with zero attached hydrogens (tertiary/aromatic N) is 1. The van der Waals surface area contributed by atoms with Crippen LogP contribution < -0.4 is 5.73 Å². The lowest BCUT2D eigenvalue weighted by molar-refractivity contribution is 0.938. The quantitative estimate of drug-likeness (QED) is 0.528. The number of nitrogens with two attached hydrogens (primary N) is 1. The summed E-state index contributed by atoms with van der Waals surface area (Å²) in [5, 5.41) is 2.55. The van der Waals surface area contributed by atoms with Crippen molar-refractivity contribution in [3.63, 3.8) is 0 Å². The molecule has 0 aromatic carbocycles. The molecule has 0 amide bonds. The molecule has 0 saturated carbocycles. The summed E-state index contributed by atoms with van der Waals surface area (Å²) >= 11 is 0. The molecule has 0 radical (unpaired) electrons. The largest absolute Gasteiger partial charge is 0.330 e. The Balaban J connectivity index is 3.17. The molecule has 0 aliphatic carbocycles. The topological polar surface area (TPSA) is 55.4 Å². The summed E-state index contributed by atoms with van der Waals surface area (Å²) in [5.41, 5.74) is 5.37. The summed E-state index contributed by atoms with van der Waals surface area (Å²) < 4.78 is 0. The van der Waals surface area contributed by atoms with Crippen LogP contribution in [0.3, 0.4) is 0 Å². The summed E-state index contributed by atoms with van der Waals surface area (Å²) in [5.74, 6) is 0. The summed E-state index contributed by atoms with van der Waals surface area (Å²) in [7, 11) is 0. The van der Waals surface area contributed by atoms with Crippen molar-refractivity contribution in [2.24, 2.45) is 10.9 Å². The lowest BCUT2D eigenvalue weighted by Crippen LogP contribution is -1.97. The molecule has 2 N–H and O–H groups in total. The van der Waals surface area contributed by atoms with Gasteiger partial charge in [-0.15, -0.1) is 4.91 Å². The third-order valence-corrected chi connectivity index (χ3v) is 0.562. The molecular formula is C4H8N2O. The zero-order chi connectivity index (χ0) is 5.70. The minimum Gasteiger partial charge on any atom is -0.330 e. The highest BCUT2D eigenvalue weighted by molar-refractivity contribution is 4.89. The molecule has 0 unspecified atom stereocenters. The Morgan fingerprint density at radius 3 is 2.57 bits per heavy atom. The lowest BCUT2D eigenvalue weighted by atomic mass is 10.4. The molecule has 0 heterocycles. The molecule has 0 saturated heterocycles. The van der Waals surface area contributed by atoms with E-state index in [0.717, 1.165) is 0 Å². The molecule has 0 bridgehead atoms. The van der Waals surface area contributed by atoms with Crippen molar-refractivity contribution in [2.45, 2.75) is 6.42 Å². The van der Waals surface area contributed by atoms with Crippen molar-refractivity contribution < 1.29 is 0 Å². The van der Waals surface area contributed by atoms with Gasteiger partial charge in [-0.25, -0.2) is 0 Å². The molecule has 7 heavy (non-hydrogen) atoms. The summed E-state index contributed by atoms with van der Waals surface area (Å²) in [6.45, 7) is 3.75. The highest BCUT2D eigenvalue weighted by Crippen LogP contribution is 1.93. The molecule has 0 spiro atoms. The second-order valence-corrected chi connectivity index (χ2v) is 1.20. The minimum absolute atomic E-state index is 0.322. The molecule has 0 fully saturated rings. The smallest absolute Gasteiger partial charge is 0.0790 e. The first-order valence-corrected chi connectivity index (χ1v) is 2.02. The first-order valence-electron chi connectivity index (χ1n) is 2.02. The van der Waals surface area contributed by atoms with Gasteiger partial charge in [0.25, 0.3) is 0 Å². The van der Waals surface area contributed by atoms with Crippen LogP contribution in [-0.2, 0) is 0 Å². The van der Waals surface area contributed by atoms with E-state index in [-0.39, 0.29) is 0 Å². The minimum atomic E-state index is 0.322. The number of hydrogen-bond donors (Lipinski definition) is 1. The Kier molecular flexibility index (Phi) is 3.14. The standard InChI is InChI=1S/C4H8N2O/c1-4(6-7)2-3-5/h1-3,5H2. The van der Waals surface area contributed by atoms with Gasteiger partial charge < -0.3 is 5.73 Å². The van der Waals surface area contributed by atoms with Crippen LogP contribution in [0.4, 0.5) is 0 Å². The van der Waals surface area contributed by atoms with Crippen molar-refractivity contribution in [1.82, 2.24) is 0 Å². The molecule has 0 aliphatic rings.